The second-order valence-electron chi connectivity index (χ2n) is 5.81. The topological polar surface area (TPSA) is 97.7 Å². The van der Waals surface area contributed by atoms with Crippen LogP contribution in [0, 0.1) is 0 Å². The van der Waals surface area contributed by atoms with Crippen LogP contribution in [0.4, 0.5) is 5.69 Å². The highest BCUT2D eigenvalue weighted by Crippen LogP contribution is 2.27. The zero-order valence-electron chi connectivity index (χ0n) is 13.9. The van der Waals surface area contributed by atoms with Gasteiger partial charge in [-0.3, -0.25) is 19.7 Å². The molecule has 0 radical (unpaired) electrons. The molecular formula is C18H15N7O. The minimum absolute atomic E-state index is 0.0371. The molecule has 0 spiro atoms. The van der Waals surface area contributed by atoms with E-state index in [4.69, 9.17) is 0 Å². The number of pyridine rings is 2. The van der Waals surface area contributed by atoms with E-state index in [1.54, 1.807) is 35.5 Å². The fraction of sp³-hybridized carbons (Fsp3) is 0.167. The van der Waals surface area contributed by atoms with Gasteiger partial charge in [-0.25, -0.2) is 0 Å². The molecule has 0 atom stereocenters. The monoisotopic (exact) mass is 345 g/mol. The Balaban J connectivity index is 1.57. The van der Waals surface area contributed by atoms with E-state index in [9.17, 15) is 4.79 Å². The molecule has 0 saturated carbocycles. The summed E-state index contributed by atoms with van der Waals surface area (Å²) in [6.07, 6.45) is 5.43. The summed E-state index contributed by atoms with van der Waals surface area (Å²) in [5, 5.41) is 16.3. The summed E-state index contributed by atoms with van der Waals surface area (Å²) in [6, 6.07) is 8.98. The molecule has 26 heavy (non-hydrogen) atoms. The van der Waals surface area contributed by atoms with Crippen LogP contribution in [0.1, 0.15) is 19.3 Å². The summed E-state index contributed by atoms with van der Waals surface area (Å²) in [6.45, 7) is 3.97. The van der Waals surface area contributed by atoms with Gasteiger partial charge < -0.3 is 0 Å². The highest BCUT2D eigenvalue weighted by Gasteiger charge is 2.23. The molecule has 1 aliphatic rings. The van der Waals surface area contributed by atoms with Crippen LogP contribution in [0.3, 0.4) is 0 Å². The van der Waals surface area contributed by atoms with Gasteiger partial charge in [0.1, 0.15) is 11.4 Å². The Morgan fingerprint density at radius 2 is 1.62 bits per heavy atom. The average molecular weight is 345 g/mol. The van der Waals surface area contributed by atoms with Crippen molar-refractivity contribution in [3.05, 3.63) is 55.0 Å². The van der Waals surface area contributed by atoms with Gasteiger partial charge in [0, 0.05) is 18.3 Å². The van der Waals surface area contributed by atoms with Crippen molar-refractivity contribution >= 4 is 11.6 Å². The Morgan fingerprint density at radius 3 is 2.19 bits per heavy atom. The van der Waals surface area contributed by atoms with Gasteiger partial charge in [0.2, 0.25) is 17.6 Å². The Labute approximate surface area is 149 Å². The molecule has 0 unspecified atom stereocenters. The summed E-state index contributed by atoms with van der Waals surface area (Å²) in [4.78, 5) is 22.2. The molecule has 0 N–H and O–H groups in total. The smallest absolute Gasteiger partial charge is 0.231 e. The van der Waals surface area contributed by atoms with E-state index >= 15 is 0 Å². The van der Waals surface area contributed by atoms with Gasteiger partial charge in [0.05, 0.1) is 11.9 Å². The molecule has 1 aliphatic heterocycles. The van der Waals surface area contributed by atoms with Gasteiger partial charge in [0.25, 0.3) is 0 Å². The van der Waals surface area contributed by atoms with Crippen LogP contribution in [0.2, 0.25) is 0 Å². The van der Waals surface area contributed by atoms with Gasteiger partial charge in [-0.15, -0.1) is 20.4 Å². The molecular weight excluding hydrogens is 330 g/mol. The first-order chi connectivity index (χ1) is 12.7. The number of nitrogens with zero attached hydrogens (tertiary/aromatic N) is 7. The molecule has 3 aromatic rings. The number of aromatic nitrogens is 6. The number of anilines is 1. The molecule has 3 aromatic heterocycles. The Kier molecular flexibility index (Phi) is 4.14. The van der Waals surface area contributed by atoms with Crippen LogP contribution in [0.15, 0.2) is 55.0 Å². The van der Waals surface area contributed by atoms with E-state index < -0.39 is 0 Å². The number of allylic oxidation sites excluding steroid dienone is 1. The first-order valence-electron chi connectivity index (χ1n) is 8.18. The van der Waals surface area contributed by atoms with E-state index in [0.717, 1.165) is 18.5 Å². The van der Waals surface area contributed by atoms with Crippen molar-refractivity contribution in [3.63, 3.8) is 0 Å². The lowest BCUT2D eigenvalue weighted by molar-refractivity contribution is -0.118. The highest BCUT2D eigenvalue weighted by molar-refractivity contribution is 5.97. The third kappa shape index (κ3) is 3.04. The normalized spacial score (nSPS) is 14.5. The molecule has 0 aliphatic carbocycles. The maximum Gasteiger partial charge on any atom is 0.231 e. The number of carbonyl (C=O) groups is 1. The largest absolute Gasteiger partial charge is 0.284 e. The Bertz CT molecular complexity index is 924. The summed E-state index contributed by atoms with van der Waals surface area (Å²) in [5.74, 6) is 0.691. The van der Waals surface area contributed by atoms with Gasteiger partial charge in [-0.1, -0.05) is 12.6 Å². The molecule has 4 heterocycles. The summed E-state index contributed by atoms with van der Waals surface area (Å²) >= 11 is 0. The van der Waals surface area contributed by atoms with E-state index in [-0.39, 0.29) is 5.91 Å². The SMILES string of the molecule is C=C1CCCC(=O)N1c1ccc(-c2nnc(-c3ccccn3)nn2)nc1. The standard InChI is InChI=1S/C18H15N7O/c1-12-5-4-7-16(26)25(12)13-8-9-15(20-11-13)18-23-21-17(22-24-18)14-6-2-3-10-19-14/h2-3,6,8-11H,1,4-5,7H2. The molecule has 8 nitrogen and oxygen atoms in total. The van der Waals surface area contributed by atoms with E-state index in [2.05, 4.69) is 36.9 Å². The van der Waals surface area contributed by atoms with Crippen molar-refractivity contribution in [2.24, 2.45) is 0 Å². The first kappa shape index (κ1) is 15.9. The van der Waals surface area contributed by atoms with Gasteiger partial charge in [-0.05, 0) is 37.1 Å². The predicted molar refractivity (Wildman–Crippen MR) is 94.6 cm³/mol. The zero-order valence-corrected chi connectivity index (χ0v) is 13.9. The van der Waals surface area contributed by atoms with Crippen molar-refractivity contribution < 1.29 is 4.79 Å². The minimum atomic E-state index is 0.0371. The first-order valence-corrected chi connectivity index (χ1v) is 8.18. The lowest BCUT2D eigenvalue weighted by atomic mass is 10.1. The number of hydrogen-bond acceptors (Lipinski definition) is 7. The van der Waals surface area contributed by atoms with Crippen LogP contribution in [-0.2, 0) is 4.79 Å². The van der Waals surface area contributed by atoms with Crippen LogP contribution in [-0.4, -0.2) is 36.3 Å². The van der Waals surface area contributed by atoms with Gasteiger partial charge in [-0.2, -0.15) is 0 Å². The average Bonchev–Trinajstić information content (AvgIpc) is 2.69. The predicted octanol–water partition coefficient (Wildman–Crippen LogP) is 2.42. The molecule has 4 rings (SSSR count). The van der Waals surface area contributed by atoms with Crippen LogP contribution in [0.25, 0.3) is 23.0 Å². The third-order valence-electron chi connectivity index (χ3n) is 4.03. The van der Waals surface area contributed by atoms with Gasteiger partial charge >= 0.3 is 0 Å². The fourth-order valence-electron chi connectivity index (χ4n) is 2.75. The van der Waals surface area contributed by atoms with Crippen LogP contribution >= 0.6 is 0 Å². The third-order valence-corrected chi connectivity index (χ3v) is 4.03. The molecule has 1 fully saturated rings. The highest BCUT2D eigenvalue weighted by atomic mass is 16.2. The maximum atomic E-state index is 12.1. The molecule has 1 amide bonds. The number of rotatable bonds is 3. The molecule has 8 heteroatoms. The Morgan fingerprint density at radius 1 is 0.885 bits per heavy atom. The van der Waals surface area contributed by atoms with Gasteiger partial charge in [0.15, 0.2) is 0 Å². The number of hydrogen-bond donors (Lipinski definition) is 0. The quantitative estimate of drug-likeness (QED) is 0.719. The molecule has 0 aromatic carbocycles. The van der Waals surface area contributed by atoms with Crippen LogP contribution < -0.4 is 4.90 Å². The molecule has 0 bridgehead atoms. The van der Waals surface area contributed by atoms with Crippen LogP contribution in [0.5, 0.6) is 0 Å². The summed E-state index contributed by atoms with van der Waals surface area (Å²) in [5.41, 5.74) is 2.60. The van der Waals surface area contributed by atoms with Crippen molar-refractivity contribution in [1.82, 2.24) is 30.4 Å². The summed E-state index contributed by atoms with van der Waals surface area (Å²) < 4.78 is 0. The van der Waals surface area contributed by atoms with E-state index in [1.165, 1.54) is 0 Å². The fourth-order valence-corrected chi connectivity index (χ4v) is 2.75. The van der Waals surface area contributed by atoms with E-state index in [1.807, 2.05) is 12.1 Å². The molecule has 128 valence electrons. The lowest BCUT2D eigenvalue weighted by Gasteiger charge is -2.28. The zero-order chi connectivity index (χ0) is 17.9. The number of carbonyl (C=O) groups excluding carboxylic acids is 1. The van der Waals surface area contributed by atoms with Crippen molar-refractivity contribution in [1.29, 1.82) is 0 Å². The Hall–Kier alpha value is -3.55. The second kappa shape index (κ2) is 6.75. The maximum absolute atomic E-state index is 12.1. The minimum Gasteiger partial charge on any atom is -0.284 e. The second-order valence-corrected chi connectivity index (χ2v) is 5.81. The number of piperidine rings is 1. The van der Waals surface area contributed by atoms with Crippen molar-refractivity contribution in [3.8, 4) is 23.0 Å². The van der Waals surface area contributed by atoms with Crippen molar-refractivity contribution in [2.75, 3.05) is 4.90 Å². The number of amides is 1. The lowest BCUT2D eigenvalue weighted by Crippen LogP contribution is -2.33. The van der Waals surface area contributed by atoms with Crippen molar-refractivity contribution in [2.45, 2.75) is 19.3 Å². The van der Waals surface area contributed by atoms with E-state index in [0.29, 0.717) is 35.1 Å². The molecule has 1 saturated heterocycles. The summed E-state index contributed by atoms with van der Waals surface area (Å²) in [7, 11) is 0.